The van der Waals surface area contributed by atoms with E-state index in [4.69, 9.17) is 4.74 Å². The summed E-state index contributed by atoms with van der Waals surface area (Å²) in [6.07, 6.45) is 4.52. The molecule has 1 saturated heterocycles. The van der Waals surface area contributed by atoms with E-state index in [0.29, 0.717) is 17.8 Å². The van der Waals surface area contributed by atoms with Crippen LogP contribution in [0.1, 0.15) is 31.2 Å². The zero-order valence-corrected chi connectivity index (χ0v) is 18.1. The zero-order valence-electron chi connectivity index (χ0n) is 17.3. The van der Waals surface area contributed by atoms with E-state index in [-0.39, 0.29) is 6.03 Å². The van der Waals surface area contributed by atoms with Crippen molar-refractivity contribution >= 4 is 27.6 Å². The number of anilines is 2. The van der Waals surface area contributed by atoms with Crippen LogP contribution in [0.4, 0.5) is 15.1 Å². The number of nitrogens with zero attached hydrogens (tertiary/aromatic N) is 4. The van der Waals surface area contributed by atoms with Crippen molar-refractivity contribution < 1.29 is 9.53 Å². The Morgan fingerprint density at radius 2 is 1.87 bits per heavy atom. The van der Waals surface area contributed by atoms with Crippen molar-refractivity contribution in [3.63, 3.8) is 0 Å². The van der Waals surface area contributed by atoms with Gasteiger partial charge in [0.15, 0.2) is 0 Å². The minimum absolute atomic E-state index is 0.176. The Morgan fingerprint density at radius 1 is 1.10 bits per heavy atom. The molecule has 2 N–H and O–H groups in total. The van der Waals surface area contributed by atoms with E-state index in [0.717, 1.165) is 57.3 Å². The summed E-state index contributed by atoms with van der Waals surface area (Å²) in [7, 11) is 0. The average molecular weight is 431 g/mol. The van der Waals surface area contributed by atoms with Gasteiger partial charge in [0.1, 0.15) is 0 Å². The lowest BCUT2D eigenvalue weighted by atomic mass is 10.2. The molecule has 2 fully saturated rings. The molecule has 8 nitrogen and oxygen atoms in total. The molecule has 1 aromatic heterocycles. The highest BCUT2D eigenvalue weighted by molar-refractivity contribution is 7.19. The summed E-state index contributed by atoms with van der Waals surface area (Å²) >= 11 is 1.43. The summed E-state index contributed by atoms with van der Waals surface area (Å²) in [5, 5.41) is 15.7. The summed E-state index contributed by atoms with van der Waals surface area (Å²) in [6, 6.07) is 10.4. The molecule has 0 bridgehead atoms. The molecular weight excluding hydrogens is 400 g/mol. The van der Waals surface area contributed by atoms with Crippen LogP contribution < -0.4 is 15.5 Å². The molecule has 9 heteroatoms. The molecule has 1 saturated carbocycles. The number of carbonyl (C=O) groups excluding carboxylic acids is 1. The number of benzene rings is 1. The maximum absolute atomic E-state index is 12.1. The normalized spacial score (nSPS) is 17.9. The number of carbonyl (C=O) groups is 1. The molecule has 2 amide bonds. The molecule has 2 aromatic rings. The summed E-state index contributed by atoms with van der Waals surface area (Å²) in [4.78, 5) is 16.7. The Labute approximate surface area is 181 Å². The van der Waals surface area contributed by atoms with E-state index in [9.17, 15) is 4.79 Å². The first kappa shape index (κ1) is 21.0. The van der Waals surface area contributed by atoms with Crippen molar-refractivity contribution in [3.8, 4) is 0 Å². The van der Waals surface area contributed by atoms with Crippen LogP contribution in [0.2, 0.25) is 0 Å². The smallest absolute Gasteiger partial charge is 0.321 e. The van der Waals surface area contributed by atoms with E-state index in [1.807, 2.05) is 18.2 Å². The summed E-state index contributed by atoms with van der Waals surface area (Å²) in [5.41, 5.74) is 1.21. The van der Waals surface area contributed by atoms with Gasteiger partial charge in [-0.1, -0.05) is 54.5 Å². The monoisotopic (exact) mass is 430 g/mol. The van der Waals surface area contributed by atoms with Crippen molar-refractivity contribution in [1.29, 1.82) is 0 Å². The van der Waals surface area contributed by atoms with Gasteiger partial charge in [0.2, 0.25) is 10.3 Å². The fourth-order valence-electron chi connectivity index (χ4n) is 3.90. The van der Waals surface area contributed by atoms with Crippen LogP contribution in [-0.4, -0.2) is 66.5 Å². The predicted molar refractivity (Wildman–Crippen MR) is 119 cm³/mol. The van der Waals surface area contributed by atoms with Gasteiger partial charge in [0.05, 0.1) is 13.2 Å². The number of aromatic nitrogens is 2. The molecule has 0 atom stereocenters. The second-order valence-electron chi connectivity index (χ2n) is 7.84. The third kappa shape index (κ3) is 6.13. The lowest BCUT2D eigenvalue weighted by Gasteiger charge is -2.34. The van der Waals surface area contributed by atoms with Crippen molar-refractivity contribution in [1.82, 2.24) is 20.4 Å². The van der Waals surface area contributed by atoms with Crippen LogP contribution in [-0.2, 0) is 11.3 Å². The largest absolute Gasteiger partial charge is 0.375 e. The Kier molecular flexibility index (Phi) is 7.49. The first-order valence-corrected chi connectivity index (χ1v) is 11.6. The summed E-state index contributed by atoms with van der Waals surface area (Å²) < 4.78 is 5.80. The Bertz CT molecular complexity index is 788. The van der Waals surface area contributed by atoms with Crippen molar-refractivity contribution in [3.05, 3.63) is 35.9 Å². The fraction of sp³-hybridized carbons (Fsp3) is 0.571. The van der Waals surface area contributed by atoms with Crippen LogP contribution in [0, 0.1) is 0 Å². The molecule has 0 radical (unpaired) electrons. The lowest BCUT2D eigenvalue weighted by Crippen LogP contribution is -2.47. The van der Waals surface area contributed by atoms with Gasteiger partial charge in [-0.3, -0.25) is 10.2 Å². The summed E-state index contributed by atoms with van der Waals surface area (Å²) in [5.74, 6) is 0. The molecule has 1 aliphatic carbocycles. The standard InChI is InChI=1S/C21H30N6O2S/c28-19(22-18-8-4-5-9-18)23-20-24-25-21(30-20)27-12-10-26(11-13-27)14-15-29-16-17-6-2-1-3-7-17/h1-3,6-7,18H,4-5,8-16H2,(H2,22,23,24,28). The molecule has 30 heavy (non-hydrogen) atoms. The van der Waals surface area contributed by atoms with Gasteiger partial charge in [-0.25, -0.2) is 4.79 Å². The minimum Gasteiger partial charge on any atom is -0.375 e. The highest BCUT2D eigenvalue weighted by Gasteiger charge is 2.21. The number of hydrogen-bond acceptors (Lipinski definition) is 7. The van der Waals surface area contributed by atoms with Crippen LogP contribution in [0.3, 0.4) is 0 Å². The topological polar surface area (TPSA) is 82.6 Å². The molecule has 2 heterocycles. The lowest BCUT2D eigenvalue weighted by molar-refractivity contribution is 0.0907. The predicted octanol–water partition coefficient (Wildman–Crippen LogP) is 2.94. The maximum atomic E-state index is 12.1. The number of ether oxygens (including phenoxy) is 1. The minimum atomic E-state index is -0.176. The quantitative estimate of drug-likeness (QED) is 0.627. The number of rotatable bonds is 8. The van der Waals surface area contributed by atoms with E-state index in [2.05, 4.69) is 42.8 Å². The number of nitrogens with one attached hydrogen (secondary N) is 2. The van der Waals surface area contributed by atoms with Gasteiger partial charge in [-0.2, -0.15) is 0 Å². The van der Waals surface area contributed by atoms with Crippen molar-refractivity contribution in [2.75, 3.05) is 49.5 Å². The molecule has 162 valence electrons. The van der Waals surface area contributed by atoms with E-state index in [1.165, 1.54) is 29.7 Å². The van der Waals surface area contributed by atoms with Crippen molar-refractivity contribution in [2.24, 2.45) is 0 Å². The average Bonchev–Trinajstić information content (AvgIpc) is 3.45. The van der Waals surface area contributed by atoms with Crippen molar-refractivity contribution in [2.45, 2.75) is 38.3 Å². The van der Waals surface area contributed by atoms with E-state index in [1.54, 1.807) is 0 Å². The molecule has 1 aliphatic heterocycles. The maximum Gasteiger partial charge on any atom is 0.321 e. The third-order valence-electron chi connectivity index (χ3n) is 5.63. The first-order valence-electron chi connectivity index (χ1n) is 10.8. The highest BCUT2D eigenvalue weighted by atomic mass is 32.1. The number of hydrogen-bond donors (Lipinski definition) is 2. The number of piperazine rings is 1. The SMILES string of the molecule is O=C(Nc1nnc(N2CCN(CCOCc3ccccc3)CC2)s1)NC1CCCC1. The van der Waals surface area contributed by atoms with Gasteiger partial charge >= 0.3 is 6.03 Å². The second kappa shape index (κ2) is 10.7. The Morgan fingerprint density at radius 3 is 2.63 bits per heavy atom. The van der Waals surface area contributed by atoms with Crippen LogP contribution >= 0.6 is 11.3 Å². The number of urea groups is 1. The van der Waals surface area contributed by atoms with Gasteiger partial charge in [0, 0.05) is 38.8 Å². The van der Waals surface area contributed by atoms with Gasteiger partial charge in [0.25, 0.3) is 0 Å². The van der Waals surface area contributed by atoms with E-state index < -0.39 is 0 Å². The molecule has 4 rings (SSSR count). The highest BCUT2D eigenvalue weighted by Crippen LogP contribution is 2.25. The molecule has 0 unspecified atom stereocenters. The molecule has 0 spiro atoms. The fourth-order valence-corrected chi connectivity index (χ4v) is 4.69. The molecule has 1 aromatic carbocycles. The first-order chi connectivity index (χ1) is 14.8. The van der Waals surface area contributed by atoms with Crippen LogP contribution in [0.5, 0.6) is 0 Å². The second-order valence-corrected chi connectivity index (χ2v) is 8.79. The summed E-state index contributed by atoms with van der Waals surface area (Å²) in [6.45, 7) is 6.08. The van der Waals surface area contributed by atoms with Gasteiger partial charge < -0.3 is 15.0 Å². The zero-order chi connectivity index (χ0) is 20.6. The Balaban J connectivity index is 1.14. The van der Waals surface area contributed by atoms with Crippen LogP contribution in [0.15, 0.2) is 30.3 Å². The molecular formula is C21H30N6O2S. The van der Waals surface area contributed by atoms with E-state index >= 15 is 0 Å². The van der Waals surface area contributed by atoms with Gasteiger partial charge in [-0.05, 0) is 18.4 Å². The third-order valence-corrected chi connectivity index (χ3v) is 6.53. The Hall–Kier alpha value is -2.23. The van der Waals surface area contributed by atoms with Gasteiger partial charge in [-0.15, -0.1) is 10.2 Å². The van der Waals surface area contributed by atoms with Crippen LogP contribution in [0.25, 0.3) is 0 Å². The number of amides is 2. The molecule has 2 aliphatic rings.